The summed E-state index contributed by atoms with van der Waals surface area (Å²) in [4.78, 5) is 24.5. The van der Waals surface area contributed by atoms with Crippen molar-refractivity contribution in [2.24, 2.45) is 33.0 Å². The molecule has 0 spiro atoms. The molecule has 5 aliphatic heterocycles. The molecule has 0 aromatic heterocycles. The number of carbonyl (C=O) groups is 2. The van der Waals surface area contributed by atoms with E-state index >= 15 is 0 Å². The molecule has 0 bridgehead atoms. The van der Waals surface area contributed by atoms with Gasteiger partial charge in [-0.1, -0.05) is 118 Å². The summed E-state index contributed by atoms with van der Waals surface area (Å²) in [6, 6.07) is -0.836. The molecule has 5 aliphatic rings. The zero-order valence-electron chi connectivity index (χ0n) is 68.3. The third-order valence-electron chi connectivity index (χ3n) is 16.0. The zero-order chi connectivity index (χ0) is 76.6. The molecule has 584 valence electrons. The Kier molecular flexibility index (Phi) is 37.2. The number of nitrogens with one attached hydrogen (secondary N) is 2. The fourth-order valence-electron chi connectivity index (χ4n) is 10.9. The zero-order valence-corrected chi connectivity index (χ0v) is 73.7. The van der Waals surface area contributed by atoms with Crippen molar-refractivity contribution in [3.63, 3.8) is 0 Å². The first-order valence-electron chi connectivity index (χ1n) is 36.3. The number of piperidine rings is 1. The van der Waals surface area contributed by atoms with Gasteiger partial charge in [0.15, 0.2) is 0 Å². The van der Waals surface area contributed by atoms with E-state index in [1.165, 1.54) is 0 Å². The van der Waals surface area contributed by atoms with E-state index in [0.29, 0.717) is 85.3 Å². The van der Waals surface area contributed by atoms with E-state index in [4.69, 9.17) is 32.1 Å². The van der Waals surface area contributed by atoms with Crippen molar-refractivity contribution in [1.82, 2.24) is 34.0 Å². The van der Waals surface area contributed by atoms with Crippen molar-refractivity contribution in [2.45, 2.75) is 292 Å². The molecule has 0 saturated carbocycles. The van der Waals surface area contributed by atoms with Crippen LogP contribution in [0.4, 0.5) is 4.79 Å². The average Bonchev–Trinajstić information content (AvgIpc) is 0.804. The molecule has 0 radical (unpaired) electrons. The highest BCUT2D eigenvalue weighted by Crippen LogP contribution is 2.67. The summed E-state index contributed by atoms with van der Waals surface area (Å²) in [5, 5.41) is 3.81. The fourth-order valence-corrected chi connectivity index (χ4v) is 24.9. The standard InChI is InChI=1S/C22H44N3O5PS.C13H28NO3P.3C12H26NO2P/c1-16(2)13-29-20(27)24-18(14-32)19(26)23-17-9-11-25(12-10-17)31(28,22(6,7)8)30-15-21(3,4)5;1-12(2,3)11-17-18(15,13(4,5)6)14-7-9-16-10-8-14;3*1-11(2,3)10-13-8-7-9-15-16(13,14)12(4,5)6/h16-18,32H,9-15H2,1-8H3,(H,23,26)(H,24,27);7-11H2,1-6H3;3*7-10H2,1-6H3/t18-,31?;;2*16-;/m0.10./s1. The summed E-state index contributed by atoms with van der Waals surface area (Å²) in [7, 11) is -13.9. The van der Waals surface area contributed by atoms with Crippen molar-refractivity contribution < 1.29 is 64.5 Å². The van der Waals surface area contributed by atoms with Gasteiger partial charge in [0.25, 0.3) is 37.6 Å². The fraction of sp³-hybridized carbons (Fsp3) is 0.972. The molecule has 27 heteroatoms. The third kappa shape index (κ3) is 31.7. The van der Waals surface area contributed by atoms with Crippen LogP contribution in [-0.2, 0) is 59.7 Å². The molecule has 5 heterocycles. The average molecular weight is 1510 g/mol. The lowest BCUT2D eigenvalue weighted by Gasteiger charge is -2.44. The number of alkyl carbamates (subject to hydrolysis) is 1. The lowest BCUT2D eigenvalue weighted by atomic mass is 9.97. The van der Waals surface area contributed by atoms with E-state index in [0.717, 1.165) is 58.5 Å². The Morgan fingerprint density at radius 3 is 1.04 bits per heavy atom. The minimum Gasteiger partial charge on any atom is -0.449 e. The van der Waals surface area contributed by atoms with Crippen LogP contribution >= 0.6 is 50.2 Å². The summed E-state index contributed by atoms with van der Waals surface area (Å²) >= 11 is 4.19. The molecule has 98 heavy (non-hydrogen) atoms. The van der Waals surface area contributed by atoms with Gasteiger partial charge in [0.1, 0.15) is 6.04 Å². The Hall–Kier alpha value is -0.200. The Balaban J connectivity index is 0.000000635. The van der Waals surface area contributed by atoms with Crippen LogP contribution in [0.5, 0.6) is 0 Å². The minimum absolute atomic E-state index is 0.0210. The molecule has 3 unspecified atom stereocenters. The Morgan fingerprint density at radius 2 is 0.786 bits per heavy atom. The number of morpholine rings is 1. The van der Waals surface area contributed by atoms with Crippen LogP contribution in [0.2, 0.25) is 0 Å². The van der Waals surface area contributed by atoms with Gasteiger partial charge in [0, 0.05) is 77.2 Å². The van der Waals surface area contributed by atoms with E-state index in [1.54, 1.807) is 0 Å². The number of thiol groups is 1. The lowest BCUT2D eigenvalue weighted by Crippen LogP contribution is -2.53. The highest BCUT2D eigenvalue weighted by molar-refractivity contribution is 7.80. The number of amides is 2. The maximum atomic E-state index is 13.9. The second kappa shape index (κ2) is 38.1. The Morgan fingerprint density at radius 1 is 0.480 bits per heavy atom. The lowest BCUT2D eigenvalue weighted by molar-refractivity contribution is -0.123. The molecule has 2 N–H and O–H groups in total. The SMILES string of the molecule is CC(C)(C)CN1CCCOP1(=O)C(C)(C)C.CC(C)(C)CN1CCCO[P@@]1(=O)C(C)(C)C.CC(C)(C)CN1CCCO[P@]1(=O)C(C)(C)C.CC(C)(C)COP(=O)(N1CCOCC1)C(C)(C)C.CC(C)COC(=O)N[C@@H](CS)C(=O)NC1CCN(P(=O)(OCC(C)(C)C)C(C)(C)C)CC1. The maximum Gasteiger partial charge on any atom is 0.407 e. The van der Waals surface area contributed by atoms with Crippen molar-refractivity contribution in [3.05, 3.63) is 0 Å². The molecule has 5 rings (SSSR count). The largest absolute Gasteiger partial charge is 0.449 e. The Labute approximate surface area is 606 Å². The monoisotopic (exact) mass is 1510 g/mol. The topological polar surface area (TPSA) is 224 Å². The highest BCUT2D eigenvalue weighted by atomic mass is 32.1. The molecular weight excluding hydrogens is 1360 g/mol. The summed E-state index contributed by atoms with van der Waals surface area (Å²) in [6.45, 7) is 77.9. The number of ether oxygens (including phenoxy) is 2. The normalized spacial score (nSPS) is 24.9. The second-order valence-corrected chi connectivity index (χ2v) is 55.1. The summed E-state index contributed by atoms with van der Waals surface area (Å²) in [5.74, 6) is 0.0926. The molecular formula is C71H150N7O14P5S. The van der Waals surface area contributed by atoms with Crippen LogP contribution in [0.15, 0.2) is 0 Å². The van der Waals surface area contributed by atoms with Crippen LogP contribution in [0.25, 0.3) is 0 Å². The highest BCUT2D eigenvalue weighted by Gasteiger charge is 2.51. The van der Waals surface area contributed by atoms with Gasteiger partial charge in [0.05, 0.1) is 78.6 Å². The van der Waals surface area contributed by atoms with Crippen molar-refractivity contribution in [1.29, 1.82) is 0 Å². The second-order valence-electron chi connectivity index (χ2n) is 38.7. The van der Waals surface area contributed by atoms with Crippen molar-refractivity contribution in [2.75, 3.05) is 124 Å². The predicted octanol–water partition coefficient (Wildman–Crippen LogP) is 18.9. The molecule has 21 nitrogen and oxygen atoms in total. The first kappa shape index (κ1) is 95.8. The first-order chi connectivity index (χ1) is 43.8. The van der Waals surface area contributed by atoms with Gasteiger partial charge in [-0.15, -0.1) is 0 Å². The van der Waals surface area contributed by atoms with Gasteiger partial charge >= 0.3 is 6.09 Å². The van der Waals surface area contributed by atoms with E-state index in [2.05, 4.69) is 141 Å². The van der Waals surface area contributed by atoms with E-state index in [9.17, 15) is 32.4 Å². The minimum atomic E-state index is -3.06. The number of hydrogen-bond acceptors (Lipinski definition) is 15. The number of carbonyl (C=O) groups excluding carboxylic acids is 2. The Bertz CT molecular complexity index is 2510. The number of hydrogen-bond donors (Lipinski definition) is 3. The molecule has 0 aromatic carbocycles. The summed E-state index contributed by atoms with van der Waals surface area (Å²) in [6.07, 6.45) is 3.64. The van der Waals surface area contributed by atoms with Gasteiger partial charge < -0.3 is 42.7 Å². The van der Waals surface area contributed by atoms with Gasteiger partial charge in [-0.25, -0.2) is 28.1 Å². The number of rotatable bonds is 15. The summed E-state index contributed by atoms with van der Waals surface area (Å²) < 4.78 is 116. The van der Waals surface area contributed by atoms with Crippen LogP contribution in [-0.4, -0.2) is 197 Å². The quantitative estimate of drug-likeness (QED) is 0.102. The third-order valence-corrected chi connectivity index (χ3v) is 33.0. The van der Waals surface area contributed by atoms with Gasteiger partial charge in [-0.2, -0.15) is 12.6 Å². The smallest absolute Gasteiger partial charge is 0.407 e. The van der Waals surface area contributed by atoms with Crippen LogP contribution in [0, 0.1) is 33.0 Å². The van der Waals surface area contributed by atoms with E-state index in [1.807, 2.05) is 127 Å². The molecule has 2 amide bonds. The van der Waals surface area contributed by atoms with Gasteiger partial charge in [-0.05, 0) is 169 Å². The molecule has 0 aliphatic carbocycles. The predicted molar refractivity (Wildman–Crippen MR) is 414 cm³/mol. The van der Waals surface area contributed by atoms with Crippen molar-refractivity contribution in [3.8, 4) is 0 Å². The maximum absolute atomic E-state index is 13.9. The molecule has 5 fully saturated rings. The molecule has 0 aromatic rings. The first-order valence-corrected chi connectivity index (χ1v) is 44.8. The van der Waals surface area contributed by atoms with Gasteiger partial charge in [0.2, 0.25) is 5.91 Å². The number of nitrogens with zero attached hydrogens (tertiary/aromatic N) is 5. The van der Waals surface area contributed by atoms with Crippen LogP contribution in [0.1, 0.15) is 254 Å². The van der Waals surface area contributed by atoms with Crippen molar-refractivity contribution >= 4 is 62.2 Å². The van der Waals surface area contributed by atoms with Gasteiger partial charge in [-0.3, -0.25) is 27.6 Å². The molecule has 6 atom stereocenters. The molecule has 5 saturated heterocycles. The van der Waals surface area contributed by atoms with E-state index in [-0.39, 0.29) is 77.9 Å². The summed E-state index contributed by atoms with van der Waals surface area (Å²) in [5.41, 5.74) is 0.399. The van der Waals surface area contributed by atoms with E-state index < -0.39 is 54.9 Å². The van der Waals surface area contributed by atoms with Crippen LogP contribution < -0.4 is 10.6 Å². The van der Waals surface area contributed by atoms with Crippen LogP contribution in [0.3, 0.4) is 0 Å².